The summed E-state index contributed by atoms with van der Waals surface area (Å²) in [6.07, 6.45) is 3.64. The van der Waals surface area contributed by atoms with Crippen molar-refractivity contribution in [1.29, 1.82) is 0 Å². The average molecular weight is 328 g/mol. The third kappa shape index (κ3) is 5.25. The van der Waals surface area contributed by atoms with Crippen molar-refractivity contribution in [2.45, 2.75) is 49.2 Å². The lowest BCUT2D eigenvalue weighted by molar-refractivity contribution is -0.122. The summed E-state index contributed by atoms with van der Waals surface area (Å²) in [5.41, 5.74) is 0. The molecular weight excluding hydrogens is 312 g/mol. The first-order valence-corrected chi connectivity index (χ1v) is 6.65. The van der Waals surface area contributed by atoms with E-state index < -0.39 is 4.83 Å². The van der Waals surface area contributed by atoms with Gasteiger partial charge in [-0.1, -0.05) is 51.6 Å². The smallest absolute Gasteiger partial charge is 0.148 e. The molecule has 0 amide bonds. The standard InChI is InChI=1S/C10H16Br2O2/c1-3-4-5-6-8(14)10(12)9(11)7(2)13/h9-10H,3-6H2,1-2H3. The van der Waals surface area contributed by atoms with Crippen LogP contribution in [0.4, 0.5) is 0 Å². The molecule has 0 aromatic heterocycles. The molecular formula is C10H16Br2O2. The minimum Gasteiger partial charge on any atom is -0.299 e. The molecule has 2 unspecified atom stereocenters. The molecule has 0 spiro atoms. The number of halogens is 2. The van der Waals surface area contributed by atoms with E-state index in [4.69, 9.17) is 0 Å². The molecule has 0 saturated carbocycles. The number of rotatable bonds is 7. The van der Waals surface area contributed by atoms with E-state index in [9.17, 15) is 9.59 Å². The third-order valence-electron chi connectivity index (χ3n) is 1.98. The van der Waals surface area contributed by atoms with Crippen LogP contribution in [0.2, 0.25) is 0 Å². The molecule has 14 heavy (non-hydrogen) atoms. The lowest BCUT2D eigenvalue weighted by Crippen LogP contribution is -2.29. The van der Waals surface area contributed by atoms with Crippen molar-refractivity contribution < 1.29 is 9.59 Å². The van der Waals surface area contributed by atoms with Crippen LogP contribution in [0.25, 0.3) is 0 Å². The van der Waals surface area contributed by atoms with Gasteiger partial charge in [-0.2, -0.15) is 0 Å². The van der Waals surface area contributed by atoms with E-state index in [1.54, 1.807) is 0 Å². The molecule has 2 atom stereocenters. The number of ketones is 2. The highest BCUT2D eigenvalue weighted by Gasteiger charge is 2.25. The van der Waals surface area contributed by atoms with Gasteiger partial charge in [0.05, 0.1) is 9.65 Å². The second-order valence-electron chi connectivity index (χ2n) is 3.34. The molecule has 0 bridgehead atoms. The van der Waals surface area contributed by atoms with Crippen molar-refractivity contribution in [2.24, 2.45) is 0 Å². The molecule has 0 saturated heterocycles. The first kappa shape index (κ1) is 14.3. The average Bonchev–Trinajstić information content (AvgIpc) is 2.15. The van der Waals surface area contributed by atoms with Crippen LogP contribution in [0.5, 0.6) is 0 Å². The summed E-state index contributed by atoms with van der Waals surface area (Å²) in [7, 11) is 0. The molecule has 2 nitrogen and oxygen atoms in total. The fraction of sp³-hybridized carbons (Fsp3) is 0.800. The van der Waals surface area contributed by atoms with E-state index in [2.05, 4.69) is 38.8 Å². The molecule has 0 heterocycles. The quantitative estimate of drug-likeness (QED) is 0.531. The Balaban J connectivity index is 3.92. The molecule has 0 aromatic rings. The predicted molar refractivity (Wildman–Crippen MR) is 65.3 cm³/mol. The van der Waals surface area contributed by atoms with Gasteiger partial charge in [-0.05, 0) is 13.3 Å². The van der Waals surface area contributed by atoms with Crippen LogP contribution in [-0.4, -0.2) is 21.2 Å². The Morgan fingerprint density at radius 1 is 1.14 bits per heavy atom. The molecule has 0 aliphatic carbocycles. The van der Waals surface area contributed by atoms with Gasteiger partial charge in [0, 0.05) is 6.42 Å². The van der Waals surface area contributed by atoms with Crippen molar-refractivity contribution in [3.05, 3.63) is 0 Å². The highest BCUT2D eigenvalue weighted by atomic mass is 79.9. The summed E-state index contributed by atoms with van der Waals surface area (Å²) in [6.45, 7) is 3.58. The lowest BCUT2D eigenvalue weighted by atomic mass is 10.1. The Hall–Kier alpha value is 0.300. The summed E-state index contributed by atoms with van der Waals surface area (Å²) in [4.78, 5) is 21.8. The van der Waals surface area contributed by atoms with Crippen LogP contribution in [-0.2, 0) is 9.59 Å². The third-order valence-corrected chi connectivity index (χ3v) is 4.90. The molecule has 82 valence electrons. The van der Waals surface area contributed by atoms with E-state index in [-0.39, 0.29) is 16.4 Å². The Morgan fingerprint density at radius 2 is 1.71 bits per heavy atom. The van der Waals surface area contributed by atoms with E-state index in [1.807, 2.05) is 0 Å². The van der Waals surface area contributed by atoms with Crippen molar-refractivity contribution in [2.75, 3.05) is 0 Å². The number of hydrogen-bond acceptors (Lipinski definition) is 2. The van der Waals surface area contributed by atoms with Gasteiger partial charge in [0.2, 0.25) is 0 Å². The van der Waals surface area contributed by atoms with Gasteiger partial charge in [0.25, 0.3) is 0 Å². The number of carbonyl (C=O) groups excluding carboxylic acids is 2. The van der Waals surface area contributed by atoms with E-state index in [0.29, 0.717) is 6.42 Å². The molecule has 4 heteroatoms. The topological polar surface area (TPSA) is 34.1 Å². The van der Waals surface area contributed by atoms with E-state index >= 15 is 0 Å². The van der Waals surface area contributed by atoms with Gasteiger partial charge in [-0.25, -0.2) is 0 Å². The van der Waals surface area contributed by atoms with Crippen molar-refractivity contribution in [3.63, 3.8) is 0 Å². The number of carbonyl (C=O) groups is 2. The summed E-state index contributed by atoms with van der Waals surface area (Å²) in [6, 6.07) is 0. The highest BCUT2D eigenvalue weighted by Crippen LogP contribution is 2.18. The van der Waals surface area contributed by atoms with Gasteiger partial charge in [-0.3, -0.25) is 9.59 Å². The summed E-state index contributed by atoms with van der Waals surface area (Å²) < 4.78 is 0. The maximum Gasteiger partial charge on any atom is 0.148 e. The summed E-state index contributed by atoms with van der Waals surface area (Å²) in [5.74, 6) is 0.0891. The molecule has 0 N–H and O–H groups in total. The fourth-order valence-corrected chi connectivity index (χ4v) is 1.95. The van der Waals surface area contributed by atoms with Crippen LogP contribution in [0.15, 0.2) is 0 Å². The largest absolute Gasteiger partial charge is 0.299 e. The molecule has 0 fully saturated rings. The maximum atomic E-state index is 11.5. The first-order valence-electron chi connectivity index (χ1n) is 4.82. The second kappa shape index (κ2) is 7.57. The highest BCUT2D eigenvalue weighted by molar-refractivity contribution is 9.12. The monoisotopic (exact) mass is 326 g/mol. The number of alkyl halides is 2. The minimum atomic E-state index is -0.392. The zero-order valence-electron chi connectivity index (χ0n) is 8.56. The summed E-state index contributed by atoms with van der Waals surface area (Å²) >= 11 is 6.44. The van der Waals surface area contributed by atoms with Gasteiger partial charge < -0.3 is 0 Å². The lowest BCUT2D eigenvalue weighted by Gasteiger charge is -2.12. The second-order valence-corrected chi connectivity index (χ2v) is 5.31. The van der Waals surface area contributed by atoms with Crippen LogP contribution >= 0.6 is 31.9 Å². The van der Waals surface area contributed by atoms with Gasteiger partial charge in [0.1, 0.15) is 11.6 Å². The maximum absolute atomic E-state index is 11.5. The Morgan fingerprint density at radius 3 is 2.14 bits per heavy atom. The molecule has 0 radical (unpaired) electrons. The normalized spacial score (nSPS) is 14.9. The molecule has 0 aliphatic heterocycles. The Labute approximate surface area is 102 Å². The van der Waals surface area contributed by atoms with Gasteiger partial charge in [-0.15, -0.1) is 0 Å². The zero-order valence-corrected chi connectivity index (χ0v) is 11.7. The number of Topliss-reactive ketones (excluding diaryl/α,β-unsaturated/α-hetero) is 2. The van der Waals surface area contributed by atoms with Crippen molar-refractivity contribution in [3.8, 4) is 0 Å². The fourth-order valence-electron chi connectivity index (χ4n) is 1.06. The first-order chi connectivity index (χ1) is 6.50. The van der Waals surface area contributed by atoms with Crippen molar-refractivity contribution >= 4 is 43.4 Å². The van der Waals surface area contributed by atoms with Gasteiger partial charge in [0.15, 0.2) is 0 Å². The zero-order chi connectivity index (χ0) is 11.1. The van der Waals surface area contributed by atoms with Crippen LogP contribution < -0.4 is 0 Å². The summed E-state index contributed by atoms with van der Waals surface area (Å²) in [5, 5.41) is 0. The Bertz CT molecular complexity index is 204. The van der Waals surface area contributed by atoms with Crippen LogP contribution in [0.3, 0.4) is 0 Å². The SMILES string of the molecule is CCCCCC(=O)C(Br)C(Br)C(C)=O. The molecule has 0 aliphatic rings. The van der Waals surface area contributed by atoms with Crippen molar-refractivity contribution in [1.82, 2.24) is 0 Å². The molecule has 0 rings (SSSR count). The van der Waals surface area contributed by atoms with Gasteiger partial charge >= 0.3 is 0 Å². The Kier molecular flexibility index (Phi) is 7.74. The predicted octanol–water partition coefficient (Wildman–Crippen LogP) is 3.25. The number of hydrogen-bond donors (Lipinski definition) is 0. The van der Waals surface area contributed by atoms with E-state index in [0.717, 1.165) is 19.3 Å². The van der Waals surface area contributed by atoms with Crippen LogP contribution in [0, 0.1) is 0 Å². The minimum absolute atomic E-state index is 0.0179. The number of unbranched alkanes of at least 4 members (excludes halogenated alkanes) is 2. The molecule has 0 aromatic carbocycles. The van der Waals surface area contributed by atoms with E-state index in [1.165, 1.54) is 6.92 Å². The van der Waals surface area contributed by atoms with Crippen LogP contribution in [0.1, 0.15) is 39.5 Å².